The maximum absolute atomic E-state index is 4.16. The third-order valence-corrected chi connectivity index (χ3v) is 3.30. The minimum Gasteiger partial charge on any atom is -0.244 e. The van der Waals surface area contributed by atoms with Crippen LogP contribution < -0.4 is 0 Å². The highest BCUT2D eigenvalue weighted by atomic mass is 79.9. The van der Waals surface area contributed by atoms with Gasteiger partial charge in [0, 0.05) is 6.20 Å². The predicted octanol–water partition coefficient (Wildman–Crippen LogP) is 3.13. The molecular formula is C8H11BrN2S. The van der Waals surface area contributed by atoms with Gasteiger partial charge in [-0.1, -0.05) is 13.3 Å². The van der Waals surface area contributed by atoms with Crippen LogP contribution in [0.1, 0.15) is 19.8 Å². The molecule has 66 valence electrons. The number of nitrogens with zero attached hydrogens (tertiary/aromatic N) is 2. The smallest absolute Gasteiger partial charge is 0.116 e. The molecule has 0 amide bonds. The molecule has 0 unspecified atom stereocenters. The zero-order valence-corrected chi connectivity index (χ0v) is 9.36. The summed E-state index contributed by atoms with van der Waals surface area (Å²) in [6.45, 7) is 2.19. The summed E-state index contributed by atoms with van der Waals surface area (Å²) < 4.78 is 0.992. The van der Waals surface area contributed by atoms with Gasteiger partial charge >= 0.3 is 0 Å². The van der Waals surface area contributed by atoms with Crippen molar-refractivity contribution in [3.05, 3.63) is 17.0 Å². The second-order valence-electron chi connectivity index (χ2n) is 2.38. The average Bonchev–Trinajstić information content (AvgIpc) is 2.09. The molecule has 1 aromatic heterocycles. The van der Waals surface area contributed by atoms with E-state index in [9.17, 15) is 0 Å². The van der Waals surface area contributed by atoms with Crippen LogP contribution in [-0.4, -0.2) is 15.7 Å². The van der Waals surface area contributed by atoms with Crippen LogP contribution in [0.2, 0.25) is 0 Å². The molecule has 0 N–H and O–H groups in total. The molecule has 0 saturated heterocycles. The third kappa shape index (κ3) is 3.11. The highest BCUT2D eigenvalue weighted by Gasteiger charge is 1.99. The lowest BCUT2D eigenvalue weighted by Gasteiger charge is -2.00. The van der Waals surface area contributed by atoms with Crippen molar-refractivity contribution in [1.82, 2.24) is 9.97 Å². The molecule has 1 aromatic rings. The standard InChI is InChI=1S/C8H11BrN2S/c1-2-3-4-12-8-7(9)5-10-6-11-8/h5-6H,2-4H2,1H3. The van der Waals surface area contributed by atoms with Gasteiger partial charge in [-0.05, 0) is 28.1 Å². The number of hydrogen-bond acceptors (Lipinski definition) is 3. The van der Waals surface area contributed by atoms with Crippen LogP contribution in [-0.2, 0) is 0 Å². The van der Waals surface area contributed by atoms with Crippen molar-refractivity contribution in [2.24, 2.45) is 0 Å². The average molecular weight is 247 g/mol. The van der Waals surface area contributed by atoms with E-state index in [1.54, 1.807) is 24.3 Å². The summed E-state index contributed by atoms with van der Waals surface area (Å²) in [4.78, 5) is 8.06. The van der Waals surface area contributed by atoms with Crippen molar-refractivity contribution in [3.8, 4) is 0 Å². The van der Waals surface area contributed by atoms with Gasteiger partial charge < -0.3 is 0 Å². The van der Waals surface area contributed by atoms with E-state index in [1.807, 2.05) is 0 Å². The number of halogens is 1. The molecule has 0 saturated carbocycles. The maximum Gasteiger partial charge on any atom is 0.116 e. The van der Waals surface area contributed by atoms with Crippen molar-refractivity contribution >= 4 is 27.7 Å². The van der Waals surface area contributed by atoms with Gasteiger partial charge in [0.1, 0.15) is 11.4 Å². The first-order valence-electron chi connectivity index (χ1n) is 3.93. The first-order valence-corrected chi connectivity index (χ1v) is 5.70. The van der Waals surface area contributed by atoms with Crippen LogP contribution in [0.3, 0.4) is 0 Å². The molecule has 0 radical (unpaired) electrons. The van der Waals surface area contributed by atoms with E-state index in [1.165, 1.54) is 12.8 Å². The Balaban J connectivity index is 2.46. The van der Waals surface area contributed by atoms with Gasteiger partial charge in [-0.15, -0.1) is 11.8 Å². The molecule has 0 aliphatic carbocycles. The Morgan fingerprint density at radius 3 is 3.08 bits per heavy atom. The lowest BCUT2D eigenvalue weighted by atomic mass is 10.4. The van der Waals surface area contributed by atoms with Crippen molar-refractivity contribution in [2.45, 2.75) is 24.8 Å². The zero-order valence-electron chi connectivity index (χ0n) is 6.96. The Morgan fingerprint density at radius 1 is 1.58 bits per heavy atom. The van der Waals surface area contributed by atoms with Crippen molar-refractivity contribution in [2.75, 3.05) is 5.75 Å². The second kappa shape index (κ2) is 5.54. The van der Waals surface area contributed by atoms with Crippen LogP contribution in [0.25, 0.3) is 0 Å². The molecule has 1 heterocycles. The predicted molar refractivity (Wildman–Crippen MR) is 55.4 cm³/mol. The molecule has 0 aliphatic heterocycles. The Bertz CT molecular complexity index is 242. The van der Waals surface area contributed by atoms with Crippen LogP contribution in [0.4, 0.5) is 0 Å². The van der Waals surface area contributed by atoms with Crippen molar-refractivity contribution in [3.63, 3.8) is 0 Å². The van der Waals surface area contributed by atoms with Crippen LogP contribution in [0.15, 0.2) is 22.0 Å². The molecule has 2 nitrogen and oxygen atoms in total. The molecule has 4 heteroatoms. The van der Waals surface area contributed by atoms with Crippen LogP contribution in [0.5, 0.6) is 0 Å². The summed E-state index contributed by atoms with van der Waals surface area (Å²) in [6, 6.07) is 0. The first-order chi connectivity index (χ1) is 5.84. The minimum absolute atomic E-state index is 0.992. The van der Waals surface area contributed by atoms with Crippen molar-refractivity contribution < 1.29 is 0 Å². The lowest BCUT2D eigenvalue weighted by Crippen LogP contribution is -1.85. The fraction of sp³-hybridized carbons (Fsp3) is 0.500. The van der Waals surface area contributed by atoms with Gasteiger partial charge in [0.2, 0.25) is 0 Å². The SMILES string of the molecule is CCCCSc1ncncc1Br. The summed E-state index contributed by atoms with van der Waals surface area (Å²) in [6.07, 6.45) is 5.83. The van der Waals surface area contributed by atoms with E-state index >= 15 is 0 Å². The summed E-state index contributed by atoms with van der Waals surface area (Å²) >= 11 is 5.18. The Labute approximate surface area is 85.3 Å². The highest BCUT2D eigenvalue weighted by molar-refractivity contribution is 9.10. The van der Waals surface area contributed by atoms with Crippen molar-refractivity contribution in [1.29, 1.82) is 0 Å². The number of unbranched alkanes of at least 4 members (excludes halogenated alkanes) is 1. The monoisotopic (exact) mass is 246 g/mol. The summed E-state index contributed by atoms with van der Waals surface area (Å²) in [5, 5.41) is 1.04. The Hall–Kier alpha value is -0.0900. The highest BCUT2D eigenvalue weighted by Crippen LogP contribution is 2.24. The normalized spacial score (nSPS) is 10.2. The summed E-state index contributed by atoms with van der Waals surface area (Å²) in [5.41, 5.74) is 0. The number of hydrogen-bond donors (Lipinski definition) is 0. The van der Waals surface area contributed by atoms with Gasteiger partial charge in [0.05, 0.1) is 4.47 Å². The van der Waals surface area contributed by atoms with Gasteiger partial charge in [-0.2, -0.15) is 0 Å². The fourth-order valence-corrected chi connectivity index (χ4v) is 2.22. The number of thioether (sulfide) groups is 1. The maximum atomic E-state index is 4.16. The minimum atomic E-state index is 0.992. The number of aromatic nitrogens is 2. The van der Waals surface area contributed by atoms with Gasteiger partial charge in [0.15, 0.2) is 0 Å². The first kappa shape index (κ1) is 9.99. The Morgan fingerprint density at radius 2 is 2.42 bits per heavy atom. The molecule has 0 aliphatic rings. The van der Waals surface area contributed by atoms with E-state index in [2.05, 4.69) is 32.8 Å². The lowest BCUT2D eigenvalue weighted by molar-refractivity contribution is 0.893. The zero-order chi connectivity index (χ0) is 8.81. The largest absolute Gasteiger partial charge is 0.244 e. The van der Waals surface area contributed by atoms with Gasteiger partial charge in [-0.3, -0.25) is 0 Å². The molecule has 1 rings (SSSR count). The topological polar surface area (TPSA) is 25.8 Å². The quantitative estimate of drug-likeness (QED) is 0.464. The molecular weight excluding hydrogens is 236 g/mol. The molecule has 0 spiro atoms. The molecule has 0 aromatic carbocycles. The molecule has 12 heavy (non-hydrogen) atoms. The molecule has 0 bridgehead atoms. The second-order valence-corrected chi connectivity index (χ2v) is 4.32. The van der Waals surface area contributed by atoms with Gasteiger partial charge in [0.25, 0.3) is 0 Å². The van der Waals surface area contributed by atoms with Crippen LogP contribution in [0, 0.1) is 0 Å². The van der Waals surface area contributed by atoms with E-state index in [0.29, 0.717) is 0 Å². The molecule has 0 fully saturated rings. The molecule has 0 atom stereocenters. The summed E-state index contributed by atoms with van der Waals surface area (Å²) in [5.74, 6) is 1.13. The van der Waals surface area contributed by atoms with Gasteiger partial charge in [-0.25, -0.2) is 9.97 Å². The van der Waals surface area contributed by atoms with E-state index in [0.717, 1.165) is 15.3 Å². The summed E-state index contributed by atoms with van der Waals surface area (Å²) in [7, 11) is 0. The van der Waals surface area contributed by atoms with E-state index in [4.69, 9.17) is 0 Å². The Kier molecular flexibility index (Phi) is 4.61. The van der Waals surface area contributed by atoms with E-state index in [-0.39, 0.29) is 0 Å². The number of rotatable bonds is 4. The fourth-order valence-electron chi connectivity index (χ4n) is 0.721. The van der Waals surface area contributed by atoms with Crippen LogP contribution >= 0.6 is 27.7 Å². The van der Waals surface area contributed by atoms with E-state index < -0.39 is 0 Å². The third-order valence-electron chi connectivity index (χ3n) is 1.37.